The molecular formula is C25H34N2O3. The van der Waals surface area contributed by atoms with Crippen molar-refractivity contribution in [2.45, 2.75) is 47.1 Å². The lowest BCUT2D eigenvalue weighted by atomic mass is 10.1. The zero-order chi connectivity index (χ0) is 22.1. The summed E-state index contributed by atoms with van der Waals surface area (Å²) < 4.78 is 5.82. The van der Waals surface area contributed by atoms with E-state index in [-0.39, 0.29) is 18.4 Å². The minimum atomic E-state index is -0.567. The second kappa shape index (κ2) is 11.4. The van der Waals surface area contributed by atoms with Crippen LogP contribution >= 0.6 is 0 Å². The number of carbonyl (C=O) groups excluding carboxylic acids is 2. The topological polar surface area (TPSA) is 58.6 Å². The Balaban J connectivity index is 2.08. The highest BCUT2D eigenvalue weighted by Crippen LogP contribution is 2.20. The number of hydrogen-bond donors (Lipinski definition) is 1. The number of nitrogens with one attached hydrogen (secondary N) is 1. The van der Waals surface area contributed by atoms with Crippen LogP contribution in [0.5, 0.6) is 5.75 Å². The van der Waals surface area contributed by atoms with E-state index >= 15 is 0 Å². The summed E-state index contributed by atoms with van der Waals surface area (Å²) in [6, 6.07) is 15.2. The first-order valence-electron chi connectivity index (χ1n) is 10.6. The number of rotatable bonds is 10. The van der Waals surface area contributed by atoms with Gasteiger partial charge in [0, 0.05) is 13.1 Å². The van der Waals surface area contributed by atoms with Crippen molar-refractivity contribution in [3.05, 3.63) is 65.2 Å². The molecule has 5 nitrogen and oxygen atoms in total. The average molecular weight is 411 g/mol. The van der Waals surface area contributed by atoms with E-state index < -0.39 is 6.04 Å². The molecule has 30 heavy (non-hydrogen) atoms. The lowest BCUT2D eigenvalue weighted by molar-refractivity contribution is -0.141. The Bertz CT molecular complexity index is 834. The zero-order valence-corrected chi connectivity index (χ0v) is 18.8. The normalized spacial score (nSPS) is 11.8. The molecule has 0 aromatic heterocycles. The Morgan fingerprint density at radius 1 is 1.00 bits per heavy atom. The lowest BCUT2D eigenvalue weighted by Crippen LogP contribution is -2.50. The quantitative estimate of drug-likeness (QED) is 0.646. The molecule has 2 aromatic rings. The van der Waals surface area contributed by atoms with Crippen molar-refractivity contribution >= 4 is 11.8 Å². The Kier molecular flexibility index (Phi) is 8.90. The van der Waals surface area contributed by atoms with Gasteiger partial charge in [-0.3, -0.25) is 9.59 Å². The Hall–Kier alpha value is -2.82. The molecule has 0 aliphatic heterocycles. The number of hydrogen-bond acceptors (Lipinski definition) is 3. The number of nitrogens with zero attached hydrogens (tertiary/aromatic N) is 1. The molecule has 5 heteroatoms. The molecule has 2 aromatic carbocycles. The summed E-state index contributed by atoms with van der Waals surface area (Å²) in [5.74, 6) is 0.710. The smallest absolute Gasteiger partial charge is 0.261 e. The highest BCUT2D eigenvalue weighted by atomic mass is 16.5. The summed E-state index contributed by atoms with van der Waals surface area (Å²) in [5.41, 5.74) is 3.26. The fourth-order valence-corrected chi connectivity index (χ4v) is 3.13. The van der Waals surface area contributed by atoms with E-state index in [0.717, 1.165) is 16.7 Å². The van der Waals surface area contributed by atoms with Crippen LogP contribution in [0.1, 0.15) is 37.5 Å². The summed E-state index contributed by atoms with van der Waals surface area (Å²) in [7, 11) is 0. The van der Waals surface area contributed by atoms with Crippen molar-refractivity contribution in [1.82, 2.24) is 10.2 Å². The van der Waals surface area contributed by atoms with E-state index in [1.54, 1.807) is 11.8 Å². The standard InChI is InChI=1S/C25H34N2O3/c1-18(2)16-26-25(29)21(5)27(15-14-22-11-7-6-8-12-22)24(28)17-30-23-13-9-10-19(3)20(23)4/h6-13,18,21H,14-17H2,1-5H3,(H,26,29)/t21-/m1/s1. The average Bonchev–Trinajstić information content (AvgIpc) is 2.73. The van der Waals surface area contributed by atoms with Crippen LogP contribution in [-0.4, -0.2) is 42.5 Å². The van der Waals surface area contributed by atoms with Gasteiger partial charge in [0.25, 0.3) is 5.91 Å². The third-order valence-corrected chi connectivity index (χ3v) is 5.24. The van der Waals surface area contributed by atoms with Crippen LogP contribution in [0.3, 0.4) is 0 Å². The number of amides is 2. The van der Waals surface area contributed by atoms with Crippen molar-refractivity contribution in [2.24, 2.45) is 5.92 Å². The summed E-state index contributed by atoms with van der Waals surface area (Å²) in [6.45, 7) is 10.8. The van der Waals surface area contributed by atoms with E-state index in [1.165, 1.54) is 0 Å². The van der Waals surface area contributed by atoms with Gasteiger partial charge in [0.1, 0.15) is 11.8 Å². The van der Waals surface area contributed by atoms with Gasteiger partial charge in [-0.2, -0.15) is 0 Å². The minimum absolute atomic E-state index is 0.0963. The predicted octanol–water partition coefficient (Wildman–Crippen LogP) is 3.91. The third kappa shape index (κ3) is 6.90. The van der Waals surface area contributed by atoms with Crippen LogP contribution in [0.4, 0.5) is 0 Å². The first-order chi connectivity index (χ1) is 14.3. The number of benzene rings is 2. The number of ether oxygens (including phenoxy) is 1. The molecule has 1 N–H and O–H groups in total. The Morgan fingerprint density at radius 3 is 2.37 bits per heavy atom. The first kappa shape index (κ1) is 23.5. The molecule has 1 atom stereocenters. The van der Waals surface area contributed by atoms with E-state index in [2.05, 4.69) is 5.32 Å². The third-order valence-electron chi connectivity index (χ3n) is 5.24. The number of aryl methyl sites for hydroxylation is 1. The molecule has 2 amide bonds. The Labute approximate surface area is 180 Å². The fourth-order valence-electron chi connectivity index (χ4n) is 3.13. The van der Waals surface area contributed by atoms with E-state index in [9.17, 15) is 9.59 Å². The molecule has 0 aliphatic rings. The van der Waals surface area contributed by atoms with Gasteiger partial charge in [-0.05, 0) is 55.9 Å². The molecule has 0 saturated heterocycles. The van der Waals surface area contributed by atoms with Gasteiger partial charge >= 0.3 is 0 Å². The minimum Gasteiger partial charge on any atom is -0.483 e. The molecule has 2 rings (SSSR count). The number of carbonyl (C=O) groups is 2. The van der Waals surface area contributed by atoms with Crippen molar-refractivity contribution in [2.75, 3.05) is 19.7 Å². The van der Waals surface area contributed by atoms with E-state index in [4.69, 9.17) is 4.74 Å². The van der Waals surface area contributed by atoms with Crippen molar-refractivity contribution in [3.63, 3.8) is 0 Å². The van der Waals surface area contributed by atoms with Crippen molar-refractivity contribution in [3.8, 4) is 5.75 Å². The maximum atomic E-state index is 13.0. The Morgan fingerprint density at radius 2 is 1.70 bits per heavy atom. The van der Waals surface area contributed by atoms with E-state index in [0.29, 0.717) is 31.2 Å². The second-order valence-corrected chi connectivity index (χ2v) is 8.12. The molecule has 0 unspecified atom stereocenters. The van der Waals surface area contributed by atoms with Gasteiger partial charge in [0.15, 0.2) is 6.61 Å². The van der Waals surface area contributed by atoms with Crippen LogP contribution in [0.15, 0.2) is 48.5 Å². The predicted molar refractivity (Wildman–Crippen MR) is 121 cm³/mol. The van der Waals surface area contributed by atoms with Crippen LogP contribution < -0.4 is 10.1 Å². The summed E-state index contributed by atoms with van der Waals surface area (Å²) in [5, 5.41) is 2.93. The maximum absolute atomic E-state index is 13.0. The van der Waals surface area contributed by atoms with Gasteiger partial charge in [0.05, 0.1) is 0 Å². The SMILES string of the molecule is Cc1cccc(OCC(=O)N(CCc2ccccc2)[C@H](C)C(=O)NCC(C)C)c1C. The van der Waals surface area contributed by atoms with Gasteiger partial charge in [-0.25, -0.2) is 0 Å². The molecule has 0 fully saturated rings. The molecule has 0 saturated carbocycles. The monoisotopic (exact) mass is 410 g/mol. The molecule has 162 valence electrons. The van der Waals surface area contributed by atoms with Gasteiger partial charge in [0.2, 0.25) is 5.91 Å². The maximum Gasteiger partial charge on any atom is 0.261 e. The second-order valence-electron chi connectivity index (χ2n) is 8.12. The van der Waals surface area contributed by atoms with Crippen molar-refractivity contribution < 1.29 is 14.3 Å². The van der Waals surface area contributed by atoms with Crippen LogP contribution in [-0.2, 0) is 16.0 Å². The van der Waals surface area contributed by atoms with Crippen LogP contribution in [0, 0.1) is 19.8 Å². The van der Waals surface area contributed by atoms with Crippen LogP contribution in [0.2, 0.25) is 0 Å². The lowest BCUT2D eigenvalue weighted by Gasteiger charge is -2.29. The summed E-state index contributed by atoms with van der Waals surface area (Å²) in [6.07, 6.45) is 0.678. The van der Waals surface area contributed by atoms with Gasteiger partial charge in [-0.1, -0.05) is 56.3 Å². The zero-order valence-electron chi connectivity index (χ0n) is 18.8. The highest BCUT2D eigenvalue weighted by Gasteiger charge is 2.26. The molecule has 0 radical (unpaired) electrons. The summed E-state index contributed by atoms with van der Waals surface area (Å²) in [4.78, 5) is 27.3. The van der Waals surface area contributed by atoms with Gasteiger partial charge in [-0.15, -0.1) is 0 Å². The molecule has 0 spiro atoms. The largest absolute Gasteiger partial charge is 0.483 e. The van der Waals surface area contributed by atoms with E-state index in [1.807, 2.05) is 76.2 Å². The summed E-state index contributed by atoms with van der Waals surface area (Å²) >= 11 is 0. The molecular weight excluding hydrogens is 376 g/mol. The van der Waals surface area contributed by atoms with Gasteiger partial charge < -0.3 is 15.0 Å². The molecule has 0 aliphatic carbocycles. The highest BCUT2D eigenvalue weighted by molar-refractivity contribution is 5.88. The fraction of sp³-hybridized carbons (Fsp3) is 0.440. The van der Waals surface area contributed by atoms with Crippen molar-refractivity contribution in [1.29, 1.82) is 0 Å². The molecule has 0 bridgehead atoms. The van der Waals surface area contributed by atoms with Crippen LogP contribution in [0.25, 0.3) is 0 Å². The first-order valence-corrected chi connectivity index (χ1v) is 10.6. The molecule has 0 heterocycles.